The summed E-state index contributed by atoms with van der Waals surface area (Å²) in [7, 11) is 0. The summed E-state index contributed by atoms with van der Waals surface area (Å²) in [5, 5.41) is 6.32. The molecule has 1 aliphatic rings. The van der Waals surface area contributed by atoms with Crippen molar-refractivity contribution in [3.05, 3.63) is 113 Å². The van der Waals surface area contributed by atoms with Gasteiger partial charge in [-0.05, 0) is 53.3 Å². The van der Waals surface area contributed by atoms with Crippen molar-refractivity contribution in [1.29, 1.82) is 0 Å². The highest BCUT2D eigenvalue weighted by molar-refractivity contribution is 6.05. The summed E-state index contributed by atoms with van der Waals surface area (Å²) in [6.45, 7) is 0.819. The van der Waals surface area contributed by atoms with Gasteiger partial charge < -0.3 is 15.8 Å². The van der Waals surface area contributed by atoms with Crippen LogP contribution < -0.4 is 11.1 Å². The Bertz CT molecular complexity index is 1430. The number of nitrogens with one attached hydrogen (secondary N) is 1. The van der Waals surface area contributed by atoms with E-state index in [1.165, 1.54) is 12.8 Å². The molecule has 1 heterocycles. The van der Waals surface area contributed by atoms with Gasteiger partial charge in [0.1, 0.15) is 6.10 Å². The van der Waals surface area contributed by atoms with E-state index < -0.39 is 23.3 Å². The minimum atomic E-state index is -4.82. The Morgan fingerprint density at radius 1 is 1.03 bits per heavy atom. The number of nitrogens with two attached hydrogens (primary N) is 1. The molecule has 1 unspecified atom stereocenters. The molecule has 0 bridgehead atoms. The standard InChI is InChI=1S/C30H29F3N4O2/c31-30(32,33)28-26(19-37(36-28)25-11-4-6-21(16-25)18-34)29(38)35-24-10-5-9-23(17-24)27(22-7-2-1-3-8-22)39-15-14-20-12-13-20/h1-11,16-17,19-20,27H,12-15,18,34H2,(H,35,38). The second-order valence-corrected chi connectivity index (χ2v) is 9.68. The molecule has 202 valence electrons. The van der Waals surface area contributed by atoms with Crippen molar-refractivity contribution in [3.63, 3.8) is 0 Å². The van der Waals surface area contributed by atoms with E-state index in [0.29, 0.717) is 23.9 Å². The molecule has 1 atom stereocenters. The number of benzene rings is 3. The fraction of sp³-hybridized carbons (Fsp3) is 0.267. The molecule has 0 radical (unpaired) electrons. The molecule has 0 saturated heterocycles. The van der Waals surface area contributed by atoms with E-state index >= 15 is 0 Å². The van der Waals surface area contributed by atoms with Gasteiger partial charge in [-0.1, -0.05) is 67.4 Å². The van der Waals surface area contributed by atoms with E-state index in [4.69, 9.17) is 10.5 Å². The topological polar surface area (TPSA) is 82.2 Å². The Balaban J connectivity index is 1.41. The van der Waals surface area contributed by atoms with Crippen LogP contribution in [0.1, 0.15) is 58.1 Å². The van der Waals surface area contributed by atoms with Gasteiger partial charge in [-0.15, -0.1) is 0 Å². The third kappa shape index (κ3) is 6.55. The number of aromatic nitrogens is 2. The molecule has 39 heavy (non-hydrogen) atoms. The molecule has 3 aromatic carbocycles. The maximum absolute atomic E-state index is 13.9. The zero-order valence-corrected chi connectivity index (χ0v) is 21.2. The van der Waals surface area contributed by atoms with Crippen LogP contribution in [0.5, 0.6) is 0 Å². The molecular weight excluding hydrogens is 505 g/mol. The SMILES string of the molecule is NCc1cccc(-n2cc(C(=O)Nc3cccc(C(OCCC4CC4)c4ccccc4)c3)c(C(F)(F)F)n2)c1. The van der Waals surface area contributed by atoms with Crippen LogP contribution in [0.4, 0.5) is 18.9 Å². The molecule has 3 N–H and O–H groups in total. The number of anilines is 1. The number of hydrogen-bond donors (Lipinski definition) is 2. The molecular formula is C30H29F3N4O2. The Hall–Kier alpha value is -3.95. The lowest BCUT2D eigenvalue weighted by atomic mass is 10.0. The number of rotatable bonds is 10. The molecule has 1 fully saturated rings. The maximum Gasteiger partial charge on any atom is 0.435 e. The van der Waals surface area contributed by atoms with E-state index in [1.807, 2.05) is 36.4 Å². The molecule has 5 rings (SSSR count). The van der Waals surface area contributed by atoms with Crippen LogP contribution in [-0.2, 0) is 17.5 Å². The normalized spacial score (nSPS) is 14.3. The predicted octanol–water partition coefficient (Wildman–Crippen LogP) is 6.51. The molecule has 1 amide bonds. The average molecular weight is 535 g/mol. The van der Waals surface area contributed by atoms with Crippen molar-refractivity contribution in [2.75, 3.05) is 11.9 Å². The summed E-state index contributed by atoms with van der Waals surface area (Å²) in [6.07, 6.45) is -0.654. The van der Waals surface area contributed by atoms with Gasteiger partial charge in [0, 0.05) is 25.0 Å². The van der Waals surface area contributed by atoms with Crippen LogP contribution in [0.2, 0.25) is 0 Å². The van der Waals surface area contributed by atoms with Crippen LogP contribution in [0, 0.1) is 5.92 Å². The Kier molecular flexibility index (Phi) is 7.81. The summed E-state index contributed by atoms with van der Waals surface area (Å²) in [4.78, 5) is 13.1. The van der Waals surface area contributed by atoms with Crippen molar-refractivity contribution < 1.29 is 22.7 Å². The molecule has 6 nitrogen and oxygen atoms in total. The third-order valence-corrected chi connectivity index (χ3v) is 6.70. The van der Waals surface area contributed by atoms with Crippen molar-refractivity contribution >= 4 is 11.6 Å². The van der Waals surface area contributed by atoms with Gasteiger partial charge >= 0.3 is 6.18 Å². The average Bonchev–Trinajstić information content (AvgIpc) is 3.64. The quantitative estimate of drug-likeness (QED) is 0.243. The molecule has 9 heteroatoms. The molecule has 1 aromatic heterocycles. The molecule has 4 aromatic rings. The predicted molar refractivity (Wildman–Crippen MR) is 142 cm³/mol. The summed E-state index contributed by atoms with van der Waals surface area (Å²) >= 11 is 0. The third-order valence-electron chi connectivity index (χ3n) is 6.70. The minimum Gasteiger partial charge on any atom is -0.369 e. The minimum absolute atomic E-state index is 0.221. The molecule has 1 aliphatic carbocycles. The van der Waals surface area contributed by atoms with Gasteiger partial charge in [0.05, 0.1) is 11.3 Å². The Morgan fingerprint density at radius 2 is 1.77 bits per heavy atom. The first-order valence-electron chi connectivity index (χ1n) is 12.9. The van der Waals surface area contributed by atoms with E-state index in [9.17, 15) is 18.0 Å². The van der Waals surface area contributed by atoms with Crippen molar-refractivity contribution in [2.45, 2.75) is 38.1 Å². The monoisotopic (exact) mass is 534 g/mol. The van der Waals surface area contributed by atoms with Crippen LogP contribution in [0.3, 0.4) is 0 Å². The lowest BCUT2D eigenvalue weighted by Gasteiger charge is -2.20. The largest absolute Gasteiger partial charge is 0.435 e. The zero-order chi connectivity index (χ0) is 27.4. The molecule has 1 saturated carbocycles. The second kappa shape index (κ2) is 11.4. The first kappa shape index (κ1) is 26.6. The van der Waals surface area contributed by atoms with Crippen LogP contribution in [0.25, 0.3) is 5.69 Å². The summed E-state index contributed by atoms with van der Waals surface area (Å²) < 4.78 is 48.9. The van der Waals surface area contributed by atoms with Gasteiger partial charge in [-0.3, -0.25) is 4.79 Å². The number of amides is 1. The van der Waals surface area contributed by atoms with Gasteiger partial charge in [-0.2, -0.15) is 18.3 Å². The highest BCUT2D eigenvalue weighted by Crippen LogP contribution is 2.35. The highest BCUT2D eigenvalue weighted by atomic mass is 19.4. The first-order chi connectivity index (χ1) is 18.8. The lowest BCUT2D eigenvalue weighted by molar-refractivity contribution is -0.141. The number of ether oxygens (including phenoxy) is 1. The fourth-order valence-corrected chi connectivity index (χ4v) is 4.46. The van der Waals surface area contributed by atoms with Crippen LogP contribution in [-0.4, -0.2) is 22.3 Å². The van der Waals surface area contributed by atoms with Crippen LogP contribution in [0.15, 0.2) is 85.1 Å². The number of nitrogens with zero attached hydrogens (tertiary/aromatic N) is 2. The number of carbonyl (C=O) groups excluding carboxylic acids is 1. The lowest BCUT2D eigenvalue weighted by Crippen LogP contribution is -2.18. The number of hydrogen-bond acceptors (Lipinski definition) is 4. The smallest absolute Gasteiger partial charge is 0.369 e. The van der Waals surface area contributed by atoms with E-state index in [0.717, 1.165) is 34.0 Å². The van der Waals surface area contributed by atoms with Gasteiger partial charge in [0.2, 0.25) is 0 Å². The first-order valence-corrected chi connectivity index (χ1v) is 12.9. The molecule has 0 aliphatic heterocycles. The second-order valence-electron chi connectivity index (χ2n) is 9.68. The highest BCUT2D eigenvalue weighted by Gasteiger charge is 2.39. The Morgan fingerprint density at radius 3 is 2.49 bits per heavy atom. The van der Waals surface area contributed by atoms with E-state index in [1.54, 1.807) is 42.5 Å². The van der Waals surface area contributed by atoms with Gasteiger partial charge in [-0.25, -0.2) is 4.68 Å². The molecule has 0 spiro atoms. The van der Waals surface area contributed by atoms with Crippen LogP contribution >= 0.6 is 0 Å². The van der Waals surface area contributed by atoms with Crippen molar-refractivity contribution in [1.82, 2.24) is 9.78 Å². The number of halogens is 3. The van der Waals surface area contributed by atoms with E-state index in [2.05, 4.69) is 10.4 Å². The Labute approximate surface area is 224 Å². The van der Waals surface area contributed by atoms with Crippen molar-refractivity contribution in [3.8, 4) is 5.69 Å². The van der Waals surface area contributed by atoms with E-state index in [-0.39, 0.29) is 12.6 Å². The van der Waals surface area contributed by atoms with Gasteiger partial charge in [0.25, 0.3) is 5.91 Å². The number of alkyl halides is 3. The fourth-order valence-electron chi connectivity index (χ4n) is 4.46. The summed E-state index contributed by atoms with van der Waals surface area (Å²) in [6, 6.07) is 23.4. The van der Waals surface area contributed by atoms with Gasteiger partial charge in [0.15, 0.2) is 5.69 Å². The number of carbonyl (C=O) groups is 1. The maximum atomic E-state index is 13.9. The zero-order valence-electron chi connectivity index (χ0n) is 21.2. The summed E-state index contributed by atoms with van der Waals surface area (Å²) in [5.41, 5.74) is 7.03. The van der Waals surface area contributed by atoms with Crippen molar-refractivity contribution in [2.24, 2.45) is 11.7 Å². The summed E-state index contributed by atoms with van der Waals surface area (Å²) in [5.74, 6) is -0.194.